The number of rotatable bonds is 8. The van der Waals surface area contributed by atoms with Crippen molar-refractivity contribution in [1.82, 2.24) is 0 Å². The number of aliphatic hydroxyl groups is 4. The molecule has 29 heavy (non-hydrogen) atoms. The average molecular weight is 429 g/mol. The van der Waals surface area contributed by atoms with Crippen LogP contribution in [0.15, 0.2) is 60.4 Å². The van der Waals surface area contributed by atoms with Crippen LogP contribution >= 0.6 is 11.8 Å². The quantitative estimate of drug-likeness (QED) is 0.344. The van der Waals surface area contributed by atoms with Gasteiger partial charge in [-0.1, -0.05) is 65.2 Å². The topological polar surface area (TPSA) is 90.2 Å². The Kier molecular flexibility index (Phi) is 18.1. The Labute approximate surface area is 181 Å². The van der Waals surface area contributed by atoms with E-state index in [4.69, 9.17) is 4.74 Å². The number of allylic oxidation sites excluding steroid dienone is 7. The van der Waals surface area contributed by atoms with Crippen LogP contribution in [0.3, 0.4) is 0 Å². The lowest BCUT2D eigenvalue weighted by atomic mass is 10.0. The Hall–Kier alpha value is -1.31. The highest BCUT2D eigenvalue weighted by Gasteiger charge is 2.44. The SMILES string of the molecule is C=C/C(CC(/C=C\C)=C/C)=C(\C=C)OC1SC(CO)C(O)C(O)C1O.CC.CC. The van der Waals surface area contributed by atoms with E-state index in [1.54, 1.807) is 6.08 Å². The summed E-state index contributed by atoms with van der Waals surface area (Å²) in [6.07, 6.45) is 5.77. The summed E-state index contributed by atoms with van der Waals surface area (Å²) in [5, 5.41) is 38.7. The summed E-state index contributed by atoms with van der Waals surface area (Å²) < 4.78 is 5.85. The van der Waals surface area contributed by atoms with Crippen LogP contribution in [-0.4, -0.2) is 56.0 Å². The Morgan fingerprint density at radius 3 is 1.97 bits per heavy atom. The van der Waals surface area contributed by atoms with Gasteiger partial charge in [-0.15, -0.1) is 11.8 Å². The molecule has 0 aromatic rings. The van der Waals surface area contributed by atoms with Crippen molar-refractivity contribution >= 4 is 11.8 Å². The highest BCUT2D eigenvalue weighted by atomic mass is 32.2. The second kappa shape index (κ2) is 17.5. The molecular weight excluding hydrogens is 388 g/mol. The van der Waals surface area contributed by atoms with Crippen LogP contribution < -0.4 is 0 Å². The third-order valence-corrected chi connectivity index (χ3v) is 5.41. The Balaban J connectivity index is 0. The van der Waals surface area contributed by atoms with Gasteiger partial charge in [-0.2, -0.15) is 0 Å². The summed E-state index contributed by atoms with van der Waals surface area (Å²) in [6, 6.07) is 0. The second-order valence-corrected chi connectivity index (χ2v) is 7.00. The standard InChI is InChI=1S/C19H28O5S.2C2H6/c1-5-9-12(6-2)10-13(7-3)14(8-4)24-19-18(23)17(22)16(21)15(11-20)25-19;2*1-2/h5-9,15-23H,3-4,10-11H2,1-2H3;2*1-2H3/b9-5-,12-6+,14-13-;;. The van der Waals surface area contributed by atoms with Crippen LogP contribution in [-0.2, 0) is 4.74 Å². The van der Waals surface area contributed by atoms with Gasteiger partial charge in [0.1, 0.15) is 18.0 Å². The average Bonchev–Trinajstić information content (AvgIpc) is 2.77. The summed E-state index contributed by atoms with van der Waals surface area (Å²) in [6.45, 7) is 19.1. The molecule has 0 amide bonds. The van der Waals surface area contributed by atoms with Crippen molar-refractivity contribution in [2.24, 2.45) is 0 Å². The molecule has 168 valence electrons. The van der Waals surface area contributed by atoms with Crippen molar-refractivity contribution in [3.05, 3.63) is 60.4 Å². The molecule has 1 aliphatic heterocycles. The van der Waals surface area contributed by atoms with Gasteiger partial charge < -0.3 is 25.2 Å². The van der Waals surface area contributed by atoms with Crippen LogP contribution in [0.4, 0.5) is 0 Å². The molecule has 6 heteroatoms. The summed E-state index contributed by atoms with van der Waals surface area (Å²) in [5.74, 6) is 0.440. The largest absolute Gasteiger partial charge is 0.477 e. The van der Waals surface area contributed by atoms with Crippen molar-refractivity contribution in [2.45, 2.75) is 77.0 Å². The molecule has 1 saturated heterocycles. The maximum atomic E-state index is 10.2. The molecule has 5 atom stereocenters. The molecule has 1 rings (SSSR count). The Bertz CT molecular complexity index is 551. The molecule has 5 nitrogen and oxygen atoms in total. The van der Waals surface area contributed by atoms with E-state index in [9.17, 15) is 20.4 Å². The van der Waals surface area contributed by atoms with Gasteiger partial charge in [-0.3, -0.25) is 0 Å². The monoisotopic (exact) mass is 428 g/mol. The smallest absolute Gasteiger partial charge is 0.173 e. The predicted octanol–water partition coefficient (Wildman–Crippen LogP) is 4.11. The molecule has 0 bridgehead atoms. The van der Waals surface area contributed by atoms with E-state index in [1.807, 2.05) is 59.8 Å². The molecular formula is C23H40O5S. The zero-order chi connectivity index (χ0) is 23.0. The van der Waals surface area contributed by atoms with E-state index in [0.717, 1.165) is 22.9 Å². The second-order valence-electron chi connectivity index (χ2n) is 5.65. The number of ether oxygens (including phenoxy) is 1. The summed E-state index contributed by atoms with van der Waals surface area (Å²) in [4.78, 5) is 0. The number of aliphatic hydroxyl groups excluding tert-OH is 4. The number of hydrogen-bond donors (Lipinski definition) is 4. The highest BCUT2D eigenvalue weighted by Crippen LogP contribution is 2.35. The highest BCUT2D eigenvalue weighted by molar-refractivity contribution is 8.00. The minimum Gasteiger partial charge on any atom is -0.477 e. The Morgan fingerprint density at radius 2 is 1.55 bits per heavy atom. The van der Waals surface area contributed by atoms with E-state index in [0.29, 0.717) is 12.2 Å². The van der Waals surface area contributed by atoms with E-state index >= 15 is 0 Å². The molecule has 0 saturated carbocycles. The van der Waals surface area contributed by atoms with Gasteiger partial charge in [0.25, 0.3) is 0 Å². The van der Waals surface area contributed by atoms with Crippen LogP contribution in [0.5, 0.6) is 0 Å². The van der Waals surface area contributed by atoms with Gasteiger partial charge in [0.2, 0.25) is 0 Å². The maximum Gasteiger partial charge on any atom is 0.173 e. The molecule has 1 aliphatic rings. The lowest BCUT2D eigenvalue weighted by Gasteiger charge is -2.39. The molecule has 0 aromatic heterocycles. The first-order chi connectivity index (χ1) is 13.9. The molecule has 0 aliphatic carbocycles. The first-order valence-electron chi connectivity index (χ1n) is 10.2. The van der Waals surface area contributed by atoms with Crippen LogP contribution in [0.25, 0.3) is 0 Å². The fourth-order valence-corrected chi connectivity index (χ4v) is 3.73. The molecule has 4 N–H and O–H groups in total. The number of hydrogen-bond acceptors (Lipinski definition) is 6. The van der Waals surface area contributed by atoms with Crippen molar-refractivity contribution in [3.8, 4) is 0 Å². The summed E-state index contributed by atoms with van der Waals surface area (Å²) in [7, 11) is 0. The van der Waals surface area contributed by atoms with Crippen LogP contribution in [0, 0.1) is 0 Å². The summed E-state index contributed by atoms with van der Waals surface area (Å²) in [5.41, 5.74) is 1.02. The maximum absolute atomic E-state index is 10.2. The fourth-order valence-electron chi connectivity index (χ4n) is 2.50. The molecule has 1 fully saturated rings. The first kappa shape index (κ1) is 29.9. The van der Waals surface area contributed by atoms with Crippen LogP contribution in [0.1, 0.15) is 48.0 Å². The fraction of sp³-hybridized carbons (Fsp3) is 0.565. The molecule has 1 heterocycles. The molecule has 0 spiro atoms. The lowest BCUT2D eigenvalue weighted by Crippen LogP contribution is -2.54. The Morgan fingerprint density at radius 1 is 0.966 bits per heavy atom. The van der Waals surface area contributed by atoms with Gasteiger partial charge in [0.15, 0.2) is 5.44 Å². The van der Waals surface area contributed by atoms with Gasteiger partial charge in [-0.05, 0) is 31.1 Å². The molecule has 0 radical (unpaired) electrons. The third kappa shape index (κ3) is 9.36. The third-order valence-electron chi connectivity index (χ3n) is 3.99. The number of thioether (sulfide) groups is 1. The van der Waals surface area contributed by atoms with Gasteiger partial charge in [0.05, 0.1) is 18.0 Å². The van der Waals surface area contributed by atoms with Crippen LogP contribution in [0.2, 0.25) is 0 Å². The van der Waals surface area contributed by atoms with E-state index in [2.05, 4.69) is 13.2 Å². The van der Waals surface area contributed by atoms with Crippen molar-refractivity contribution in [2.75, 3.05) is 6.61 Å². The van der Waals surface area contributed by atoms with E-state index < -0.39 is 29.0 Å². The predicted molar refractivity (Wildman–Crippen MR) is 125 cm³/mol. The van der Waals surface area contributed by atoms with Crippen molar-refractivity contribution < 1.29 is 25.2 Å². The van der Waals surface area contributed by atoms with Crippen molar-refractivity contribution in [1.29, 1.82) is 0 Å². The zero-order valence-corrected chi connectivity index (χ0v) is 19.5. The van der Waals surface area contributed by atoms with Gasteiger partial charge in [0, 0.05) is 6.42 Å². The first-order valence-corrected chi connectivity index (χ1v) is 11.1. The molecule has 0 aromatic carbocycles. The summed E-state index contributed by atoms with van der Waals surface area (Å²) >= 11 is 1.08. The normalized spacial score (nSPS) is 27.7. The minimum absolute atomic E-state index is 0.332. The van der Waals surface area contributed by atoms with Gasteiger partial charge >= 0.3 is 0 Å². The van der Waals surface area contributed by atoms with Gasteiger partial charge in [-0.25, -0.2) is 0 Å². The minimum atomic E-state index is -1.39. The molecule has 5 unspecified atom stereocenters. The lowest BCUT2D eigenvalue weighted by molar-refractivity contribution is -0.0993. The van der Waals surface area contributed by atoms with Crippen molar-refractivity contribution in [3.63, 3.8) is 0 Å². The zero-order valence-electron chi connectivity index (χ0n) is 18.7. The van der Waals surface area contributed by atoms with E-state index in [1.165, 1.54) is 6.08 Å². The van der Waals surface area contributed by atoms with E-state index in [-0.39, 0.29) is 6.61 Å².